The van der Waals surface area contributed by atoms with E-state index in [9.17, 15) is 57.8 Å². The van der Waals surface area contributed by atoms with Crippen LogP contribution in [-0.2, 0) is 19.0 Å². The molecule has 40 heavy (non-hydrogen) atoms. The summed E-state index contributed by atoms with van der Waals surface area (Å²) >= 11 is 0. The van der Waals surface area contributed by atoms with Crippen molar-refractivity contribution < 1.29 is 76.7 Å². The molecular formula is C22H28F4N2O12. The number of methoxy groups -OCH3 is 1. The van der Waals surface area contributed by atoms with Crippen molar-refractivity contribution in [3.05, 3.63) is 28.8 Å². The molecule has 0 saturated carbocycles. The molecule has 2 heterocycles. The van der Waals surface area contributed by atoms with E-state index in [1.54, 1.807) is 0 Å². The molecule has 1 aromatic carbocycles. The van der Waals surface area contributed by atoms with Gasteiger partial charge in [-0.3, -0.25) is 9.59 Å². The number of nitrogens with one attached hydrogen (secondary N) is 2. The van der Waals surface area contributed by atoms with Crippen LogP contribution in [0.25, 0.3) is 0 Å². The molecule has 0 aromatic heterocycles. The number of ether oxygens (including phenoxy) is 4. The molecule has 2 saturated heterocycles. The van der Waals surface area contributed by atoms with Crippen molar-refractivity contribution in [1.29, 1.82) is 0 Å². The summed E-state index contributed by atoms with van der Waals surface area (Å²) < 4.78 is 77.3. The van der Waals surface area contributed by atoms with Gasteiger partial charge in [0.25, 0.3) is 5.91 Å². The topological polar surface area (TPSA) is 216 Å². The first kappa shape index (κ1) is 31.8. The lowest BCUT2D eigenvalue weighted by Gasteiger charge is -2.47. The quantitative estimate of drug-likeness (QED) is 0.111. The largest absolute Gasteiger partial charge is 0.491 e. The fourth-order valence-corrected chi connectivity index (χ4v) is 4.38. The van der Waals surface area contributed by atoms with Gasteiger partial charge in [-0.25, -0.2) is 8.78 Å². The van der Waals surface area contributed by atoms with Gasteiger partial charge in [-0.2, -0.15) is 8.78 Å². The summed E-state index contributed by atoms with van der Waals surface area (Å²) in [7, 11) is 0.721. The normalized spacial score (nSPS) is 34.3. The van der Waals surface area contributed by atoms with Gasteiger partial charge in [0.2, 0.25) is 17.5 Å². The van der Waals surface area contributed by atoms with Crippen molar-refractivity contribution >= 4 is 11.8 Å². The van der Waals surface area contributed by atoms with E-state index in [0.29, 0.717) is 0 Å². The van der Waals surface area contributed by atoms with Crippen LogP contribution in [0.4, 0.5) is 17.6 Å². The molecule has 3 rings (SSSR count). The van der Waals surface area contributed by atoms with Crippen molar-refractivity contribution in [2.24, 2.45) is 0 Å². The van der Waals surface area contributed by atoms with Crippen LogP contribution in [0.5, 0.6) is 5.75 Å². The Morgan fingerprint density at radius 2 is 1.40 bits per heavy atom. The molecule has 0 spiro atoms. The first-order valence-corrected chi connectivity index (χ1v) is 11.7. The number of aliphatic hydroxyl groups is 6. The summed E-state index contributed by atoms with van der Waals surface area (Å²) in [6.07, 6.45) is -14.5. The molecule has 0 bridgehead atoms. The number of benzene rings is 1. The minimum atomic E-state index is -2.15. The van der Waals surface area contributed by atoms with Crippen LogP contribution < -0.4 is 15.4 Å². The molecule has 226 valence electrons. The van der Waals surface area contributed by atoms with Crippen LogP contribution in [-0.4, -0.2) is 124 Å². The summed E-state index contributed by atoms with van der Waals surface area (Å²) in [6, 6.07) is -3.46. The third-order valence-electron chi connectivity index (χ3n) is 6.37. The zero-order chi connectivity index (χ0) is 30.0. The Labute approximate surface area is 223 Å². The van der Waals surface area contributed by atoms with Crippen LogP contribution in [0.2, 0.25) is 0 Å². The van der Waals surface area contributed by atoms with Gasteiger partial charge in [0.05, 0.1) is 26.4 Å². The van der Waals surface area contributed by atoms with Gasteiger partial charge in [0.1, 0.15) is 48.2 Å². The van der Waals surface area contributed by atoms with Crippen LogP contribution in [0.1, 0.15) is 17.3 Å². The number of hydrogen-bond donors (Lipinski definition) is 8. The van der Waals surface area contributed by atoms with Gasteiger partial charge in [0.15, 0.2) is 30.0 Å². The number of rotatable bonds is 8. The van der Waals surface area contributed by atoms with E-state index in [4.69, 9.17) is 14.2 Å². The zero-order valence-corrected chi connectivity index (χ0v) is 20.8. The minimum Gasteiger partial charge on any atom is -0.491 e. The number of aliphatic hydroxyl groups excluding tert-OH is 6. The monoisotopic (exact) mass is 588 g/mol. The third-order valence-corrected chi connectivity index (χ3v) is 6.37. The summed E-state index contributed by atoms with van der Waals surface area (Å²) in [5, 5.41) is 65.4. The second-order valence-corrected chi connectivity index (χ2v) is 8.94. The van der Waals surface area contributed by atoms with Crippen LogP contribution in [0, 0.1) is 23.3 Å². The van der Waals surface area contributed by atoms with Crippen molar-refractivity contribution in [3.8, 4) is 5.75 Å². The van der Waals surface area contributed by atoms with Crippen LogP contribution >= 0.6 is 0 Å². The second-order valence-electron chi connectivity index (χ2n) is 8.94. The fourth-order valence-electron chi connectivity index (χ4n) is 4.38. The SMILES string of the molecule is COc1c(F)c(F)c(C(=O)N[C@H]2[C@@H](O)[C@@H](CO)O[C@@H](O[C@H]3[C@H](O)[C@@H](NC(C)=O)C(O)O[C@@H]3CO)[C@@H]2O)c(F)c1F. The highest BCUT2D eigenvalue weighted by Gasteiger charge is 2.51. The highest BCUT2D eigenvalue weighted by molar-refractivity contribution is 5.95. The smallest absolute Gasteiger partial charge is 0.257 e. The Hall–Kier alpha value is -2.68. The van der Waals surface area contributed by atoms with E-state index in [0.717, 1.165) is 14.0 Å². The number of carbonyl (C=O) groups excluding carboxylic acids is 2. The Balaban J connectivity index is 1.89. The average molecular weight is 588 g/mol. The summed E-state index contributed by atoms with van der Waals surface area (Å²) in [4.78, 5) is 24.1. The highest BCUT2D eigenvalue weighted by Crippen LogP contribution is 2.32. The van der Waals surface area contributed by atoms with Crippen molar-refractivity contribution in [2.75, 3.05) is 20.3 Å². The number of halogens is 4. The molecule has 8 N–H and O–H groups in total. The molecule has 0 aliphatic carbocycles. The van der Waals surface area contributed by atoms with Gasteiger partial charge in [-0.15, -0.1) is 0 Å². The highest BCUT2D eigenvalue weighted by atomic mass is 19.2. The lowest BCUT2D eigenvalue weighted by molar-refractivity contribution is -0.334. The average Bonchev–Trinajstić information content (AvgIpc) is 2.90. The predicted octanol–water partition coefficient (Wildman–Crippen LogP) is -3.25. The molecule has 14 nitrogen and oxygen atoms in total. The molecule has 2 fully saturated rings. The molecule has 2 aliphatic heterocycles. The molecule has 0 radical (unpaired) electrons. The van der Waals surface area contributed by atoms with E-state index in [1.807, 2.05) is 5.32 Å². The van der Waals surface area contributed by atoms with E-state index < -0.39 is 121 Å². The summed E-state index contributed by atoms with van der Waals surface area (Å²) in [5.74, 6) is -12.3. The van der Waals surface area contributed by atoms with Crippen LogP contribution in [0.15, 0.2) is 0 Å². The molecule has 2 amide bonds. The maximum absolute atomic E-state index is 14.4. The fraction of sp³-hybridized carbons (Fsp3) is 0.636. The minimum absolute atomic E-state index is 0.695. The maximum atomic E-state index is 14.4. The van der Waals surface area contributed by atoms with Crippen molar-refractivity contribution in [2.45, 2.75) is 68.2 Å². The molecule has 18 heteroatoms. The number of amides is 2. The molecule has 1 aromatic rings. The lowest BCUT2D eigenvalue weighted by Crippen LogP contribution is -2.68. The van der Waals surface area contributed by atoms with Crippen LogP contribution in [0.3, 0.4) is 0 Å². The van der Waals surface area contributed by atoms with Crippen molar-refractivity contribution in [1.82, 2.24) is 10.6 Å². The Morgan fingerprint density at radius 1 is 0.825 bits per heavy atom. The molecular weight excluding hydrogens is 560 g/mol. The first-order valence-electron chi connectivity index (χ1n) is 11.7. The standard InChI is InChI=1S/C22H28F4N2O12/c1-5(31)27-14-16(33)18(7(4-30)38-21(14)36)40-22-17(34)13(15(32)6(3-29)39-22)28-20(35)8-9(23)11(25)19(37-2)12(26)10(8)24/h6-7,13-18,21-22,29-30,32-34,36H,3-4H2,1-2H3,(H,27,31)(H,28,35)/t6-,7-,13+,14-,15+,16-,17-,18-,21?,22+/m1/s1. The van der Waals surface area contributed by atoms with Crippen molar-refractivity contribution in [3.63, 3.8) is 0 Å². The van der Waals surface area contributed by atoms with Gasteiger partial charge in [0, 0.05) is 6.92 Å². The zero-order valence-electron chi connectivity index (χ0n) is 20.8. The van der Waals surface area contributed by atoms with E-state index in [-0.39, 0.29) is 0 Å². The Bertz CT molecular complexity index is 1070. The molecule has 10 atom stereocenters. The second kappa shape index (κ2) is 12.9. The predicted molar refractivity (Wildman–Crippen MR) is 118 cm³/mol. The van der Waals surface area contributed by atoms with Gasteiger partial charge in [-0.05, 0) is 0 Å². The van der Waals surface area contributed by atoms with E-state index in [1.165, 1.54) is 0 Å². The lowest BCUT2D eigenvalue weighted by atomic mass is 9.94. The first-order chi connectivity index (χ1) is 18.8. The third kappa shape index (κ3) is 5.99. The van der Waals surface area contributed by atoms with Gasteiger partial charge in [-0.1, -0.05) is 0 Å². The number of carbonyl (C=O) groups is 2. The summed E-state index contributed by atoms with van der Waals surface area (Å²) in [5.41, 5.74) is -1.76. The van der Waals surface area contributed by atoms with E-state index in [2.05, 4.69) is 10.1 Å². The maximum Gasteiger partial charge on any atom is 0.257 e. The molecule has 1 unspecified atom stereocenters. The summed E-state index contributed by atoms with van der Waals surface area (Å²) in [6.45, 7) is -0.781. The number of hydrogen-bond acceptors (Lipinski definition) is 12. The van der Waals surface area contributed by atoms with Gasteiger partial charge < -0.3 is 60.2 Å². The Morgan fingerprint density at radius 3 is 1.90 bits per heavy atom. The Kier molecular flexibility index (Phi) is 10.3. The van der Waals surface area contributed by atoms with E-state index >= 15 is 0 Å². The molecule has 2 aliphatic rings. The van der Waals surface area contributed by atoms with Gasteiger partial charge >= 0.3 is 0 Å².